The molecule has 3 N–H and O–H groups in total. The maximum absolute atomic E-state index is 11.7. The van der Waals surface area contributed by atoms with Gasteiger partial charge in [0, 0.05) is 19.8 Å². The SMILES string of the molecule is COCCC(C)NC(=O)c1cccc(N)n1. The van der Waals surface area contributed by atoms with E-state index in [9.17, 15) is 4.79 Å². The first-order valence-electron chi connectivity index (χ1n) is 5.16. The molecule has 0 fully saturated rings. The second kappa shape index (κ2) is 6.07. The Hall–Kier alpha value is -1.62. The summed E-state index contributed by atoms with van der Waals surface area (Å²) in [4.78, 5) is 15.6. The molecular formula is C11H17N3O2. The Labute approximate surface area is 95.0 Å². The lowest BCUT2D eigenvalue weighted by molar-refractivity contribution is 0.0924. The number of rotatable bonds is 5. The molecule has 0 aromatic carbocycles. The standard InChI is InChI=1S/C11H17N3O2/c1-8(6-7-16-2)13-11(15)9-4-3-5-10(12)14-9/h3-5,8H,6-7H2,1-2H3,(H2,12,14)(H,13,15). The van der Waals surface area contributed by atoms with Crippen molar-refractivity contribution in [1.29, 1.82) is 0 Å². The summed E-state index contributed by atoms with van der Waals surface area (Å²) >= 11 is 0. The molecule has 5 nitrogen and oxygen atoms in total. The van der Waals surface area contributed by atoms with Crippen LogP contribution in [0, 0.1) is 0 Å². The lowest BCUT2D eigenvalue weighted by atomic mass is 10.2. The molecule has 0 saturated heterocycles. The molecule has 88 valence electrons. The zero-order valence-electron chi connectivity index (χ0n) is 9.56. The third-order valence-electron chi connectivity index (χ3n) is 2.14. The van der Waals surface area contributed by atoms with Crippen molar-refractivity contribution in [2.75, 3.05) is 19.5 Å². The number of ether oxygens (including phenoxy) is 1. The number of anilines is 1. The predicted molar refractivity (Wildman–Crippen MR) is 62.1 cm³/mol. The van der Waals surface area contributed by atoms with Gasteiger partial charge >= 0.3 is 0 Å². The molecule has 1 heterocycles. The molecule has 16 heavy (non-hydrogen) atoms. The first kappa shape index (κ1) is 12.4. The van der Waals surface area contributed by atoms with Crippen LogP contribution in [0.25, 0.3) is 0 Å². The normalized spacial score (nSPS) is 12.1. The molecule has 0 aliphatic heterocycles. The molecule has 1 amide bonds. The maximum Gasteiger partial charge on any atom is 0.270 e. The zero-order chi connectivity index (χ0) is 12.0. The van der Waals surface area contributed by atoms with Crippen molar-refractivity contribution in [2.45, 2.75) is 19.4 Å². The van der Waals surface area contributed by atoms with Gasteiger partial charge in [-0.2, -0.15) is 0 Å². The van der Waals surface area contributed by atoms with Crippen molar-refractivity contribution in [3.05, 3.63) is 23.9 Å². The average Bonchev–Trinajstić information content (AvgIpc) is 2.26. The quantitative estimate of drug-likeness (QED) is 0.774. The van der Waals surface area contributed by atoms with Crippen molar-refractivity contribution < 1.29 is 9.53 Å². The van der Waals surface area contributed by atoms with Gasteiger partial charge in [-0.15, -0.1) is 0 Å². The number of nitrogen functional groups attached to an aromatic ring is 1. The third-order valence-corrected chi connectivity index (χ3v) is 2.14. The van der Waals surface area contributed by atoms with Crippen LogP contribution in [0.3, 0.4) is 0 Å². The predicted octanol–water partition coefficient (Wildman–Crippen LogP) is 0.819. The van der Waals surface area contributed by atoms with Crippen LogP contribution in [-0.2, 0) is 4.74 Å². The van der Waals surface area contributed by atoms with Crippen LogP contribution >= 0.6 is 0 Å². The number of aromatic nitrogens is 1. The Morgan fingerprint density at radius 2 is 2.38 bits per heavy atom. The summed E-state index contributed by atoms with van der Waals surface area (Å²) in [5, 5.41) is 2.82. The fourth-order valence-corrected chi connectivity index (χ4v) is 1.24. The molecule has 0 aliphatic rings. The number of nitrogens with zero attached hydrogens (tertiary/aromatic N) is 1. The number of nitrogens with one attached hydrogen (secondary N) is 1. The summed E-state index contributed by atoms with van der Waals surface area (Å²) in [6.45, 7) is 2.54. The number of hydrogen-bond acceptors (Lipinski definition) is 4. The maximum atomic E-state index is 11.7. The van der Waals surface area contributed by atoms with Crippen LogP contribution in [0.2, 0.25) is 0 Å². The van der Waals surface area contributed by atoms with Gasteiger partial charge in [-0.1, -0.05) is 6.07 Å². The first-order valence-corrected chi connectivity index (χ1v) is 5.16. The van der Waals surface area contributed by atoms with Gasteiger partial charge in [0.1, 0.15) is 11.5 Å². The molecule has 1 aromatic heterocycles. The smallest absolute Gasteiger partial charge is 0.270 e. The Kier molecular flexibility index (Phi) is 4.72. The van der Waals surface area contributed by atoms with Crippen LogP contribution in [-0.4, -0.2) is 30.6 Å². The van der Waals surface area contributed by atoms with E-state index in [0.29, 0.717) is 18.1 Å². The van der Waals surface area contributed by atoms with Gasteiger partial charge in [0.2, 0.25) is 0 Å². The first-order chi connectivity index (χ1) is 7.63. The van der Waals surface area contributed by atoms with E-state index in [1.54, 1.807) is 25.3 Å². The van der Waals surface area contributed by atoms with Crippen LogP contribution in [0.5, 0.6) is 0 Å². The van der Waals surface area contributed by atoms with E-state index in [4.69, 9.17) is 10.5 Å². The van der Waals surface area contributed by atoms with Gasteiger partial charge in [-0.3, -0.25) is 4.79 Å². The van der Waals surface area contributed by atoms with Crippen molar-refractivity contribution in [2.24, 2.45) is 0 Å². The minimum Gasteiger partial charge on any atom is -0.385 e. The highest BCUT2D eigenvalue weighted by molar-refractivity contribution is 5.92. The average molecular weight is 223 g/mol. The van der Waals surface area contributed by atoms with Gasteiger partial charge in [-0.05, 0) is 25.5 Å². The number of pyridine rings is 1. The number of amides is 1. The van der Waals surface area contributed by atoms with Gasteiger partial charge < -0.3 is 15.8 Å². The Balaban J connectivity index is 2.52. The molecule has 0 bridgehead atoms. The van der Waals surface area contributed by atoms with Gasteiger partial charge in [0.25, 0.3) is 5.91 Å². The summed E-state index contributed by atoms with van der Waals surface area (Å²) in [5.74, 6) is 0.132. The number of methoxy groups -OCH3 is 1. The minimum absolute atomic E-state index is 0.0516. The van der Waals surface area contributed by atoms with Crippen molar-refractivity contribution >= 4 is 11.7 Å². The summed E-state index contributed by atoms with van der Waals surface area (Å²) in [6, 6.07) is 5.03. The van der Waals surface area contributed by atoms with Crippen molar-refractivity contribution in [1.82, 2.24) is 10.3 Å². The zero-order valence-corrected chi connectivity index (χ0v) is 9.56. The third kappa shape index (κ3) is 3.86. The van der Waals surface area contributed by atoms with Gasteiger partial charge in [-0.25, -0.2) is 4.98 Å². The summed E-state index contributed by atoms with van der Waals surface area (Å²) in [6.07, 6.45) is 0.768. The Morgan fingerprint density at radius 3 is 3.00 bits per heavy atom. The molecule has 1 aromatic rings. The second-order valence-electron chi connectivity index (χ2n) is 3.60. The molecule has 0 spiro atoms. The van der Waals surface area contributed by atoms with E-state index >= 15 is 0 Å². The summed E-state index contributed by atoms with van der Waals surface area (Å²) < 4.78 is 4.93. The molecule has 0 aliphatic carbocycles. The molecule has 0 saturated carbocycles. The molecule has 1 rings (SSSR count). The van der Waals surface area contributed by atoms with E-state index in [1.165, 1.54) is 0 Å². The minimum atomic E-state index is -0.212. The van der Waals surface area contributed by atoms with Crippen LogP contribution in [0.4, 0.5) is 5.82 Å². The Morgan fingerprint density at radius 1 is 1.62 bits per heavy atom. The van der Waals surface area contributed by atoms with Gasteiger partial charge in [0.15, 0.2) is 0 Å². The molecule has 0 radical (unpaired) electrons. The fourth-order valence-electron chi connectivity index (χ4n) is 1.24. The lowest BCUT2D eigenvalue weighted by Crippen LogP contribution is -2.33. The monoisotopic (exact) mass is 223 g/mol. The van der Waals surface area contributed by atoms with Crippen LogP contribution < -0.4 is 11.1 Å². The van der Waals surface area contributed by atoms with Crippen LogP contribution in [0.1, 0.15) is 23.8 Å². The van der Waals surface area contributed by atoms with E-state index < -0.39 is 0 Å². The largest absolute Gasteiger partial charge is 0.385 e. The number of carbonyl (C=O) groups excluding carboxylic acids is 1. The molecule has 1 atom stereocenters. The summed E-state index contributed by atoms with van der Waals surface area (Å²) in [7, 11) is 1.63. The van der Waals surface area contributed by atoms with E-state index in [1.807, 2.05) is 6.92 Å². The van der Waals surface area contributed by atoms with Crippen molar-refractivity contribution in [3.63, 3.8) is 0 Å². The lowest BCUT2D eigenvalue weighted by Gasteiger charge is -2.12. The fraction of sp³-hybridized carbons (Fsp3) is 0.455. The molecule has 1 unspecified atom stereocenters. The highest BCUT2D eigenvalue weighted by Crippen LogP contribution is 2.01. The van der Waals surface area contributed by atoms with Crippen LogP contribution in [0.15, 0.2) is 18.2 Å². The highest BCUT2D eigenvalue weighted by Gasteiger charge is 2.10. The second-order valence-corrected chi connectivity index (χ2v) is 3.60. The Bertz CT molecular complexity index is 355. The number of hydrogen-bond donors (Lipinski definition) is 2. The van der Waals surface area contributed by atoms with Crippen molar-refractivity contribution in [3.8, 4) is 0 Å². The highest BCUT2D eigenvalue weighted by atomic mass is 16.5. The number of nitrogens with two attached hydrogens (primary N) is 1. The topological polar surface area (TPSA) is 77.2 Å². The van der Waals surface area contributed by atoms with Gasteiger partial charge in [0.05, 0.1) is 0 Å². The molecule has 5 heteroatoms. The van der Waals surface area contributed by atoms with E-state index in [2.05, 4.69) is 10.3 Å². The summed E-state index contributed by atoms with van der Waals surface area (Å²) in [5.41, 5.74) is 5.83. The number of carbonyl (C=O) groups is 1. The molecular weight excluding hydrogens is 206 g/mol. The van der Waals surface area contributed by atoms with E-state index in [-0.39, 0.29) is 11.9 Å². The van der Waals surface area contributed by atoms with E-state index in [0.717, 1.165) is 6.42 Å².